The number of phenols is 1. The van der Waals surface area contributed by atoms with Gasteiger partial charge in [0.2, 0.25) is 0 Å². The SMILES string of the molecule is O=C(O)c1c(O)cc2cccc(S(=O)(=O)O)c2c1S(=O)(=O)O. The molecule has 2 aromatic carbocycles. The van der Waals surface area contributed by atoms with Crippen LogP contribution in [0.3, 0.4) is 0 Å². The molecule has 0 bridgehead atoms. The summed E-state index contributed by atoms with van der Waals surface area (Å²) in [5.41, 5.74) is -1.20. The molecule has 0 radical (unpaired) electrons. The highest BCUT2D eigenvalue weighted by molar-refractivity contribution is 7.87. The van der Waals surface area contributed by atoms with Gasteiger partial charge in [-0.15, -0.1) is 0 Å². The Kier molecular flexibility index (Phi) is 3.61. The van der Waals surface area contributed by atoms with Crippen LogP contribution >= 0.6 is 0 Å². The highest BCUT2D eigenvalue weighted by Crippen LogP contribution is 2.37. The van der Waals surface area contributed by atoms with Crippen molar-refractivity contribution in [2.45, 2.75) is 9.79 Å². The minimum absolute atomic E-state index is 0.203. The highest BCUT2D eigenvalue weighted by Gasteiger charge is 2.30. The minimum atomic E-state index is -5.23. The van der Waals surface area contributed by atoms with E-state index >= 15 is 0 Å². The Bertz CT molecular complexity index is 1000. The van der Waals surface area contributed by atoms with Crippen LogP contribution in [0.5, 0.6) is 5.75 Å². The number of fused-ring (bicyclic) bond motifs is 1. The molecule has 0 aliphatic rings. The fraction of sp³-hybridized carbons (Fsp3) is 0. The zero-order chi connectivity index (χ0) is 16.9. The zero-order valence-electron chi connectivity index (χ0n) is 10.5. The Balaban J connectivity index is 3.28. The van der Waals surface area contributed by atoms with E-state index in [1.165, 1.54) is 6.07 Å². The molecule has 118 valence electrons. The number of carbonyl (C=O) groups is 1. The van der Waals surface area contributed by atoms with Crippen molar-refractivity contribution in [3.05, 3.63) is 29.8 Å². The molecule has 0 saturated carbocycles. The molecule has 22 heavy (non-hydrogen) atoms. The fourth-order valence-electron chi connectivity index (χ4n) is 2.05. The van der Waals surface area contributed by atoms with Crippen LogP contribution in [0.4, 0.5) is 0 Å². The van der Waals surface area contributed by atoms with E-state index in [0.29, 0.717) is 0 Å². The molecule has 0 unspecified atom stereocenters. The lowest BCUT2D eigenvalue weighted by Gasteiger charge is -2.12. The Morgan fingerprint density at radius 3 is 2.05 bits per heavy atom. The molecule has 0 aliphatic heterocycles. The van der Waals surface area contributed by atoms with E-state index in [4.69, 9.17) is 9.66 Å². The molecule has 0 aliphatic carbocycles. The van der Waals surface area contributed by atoms with E-state index in [0.717, 1.165) is 18.2 Å². The quantitative estimate of drug-likeness (QED) is 0.585. The number of carboxylic acid groups (broad SMARTS) is 1. The van der Waals surface area contributed by atoms with Crippen molar-refractivity contribution >= 4 is 37.0 Å². The van der Waals surface area contributed by atoms with Gasteiger partial charge in [-0.25, -0.2) is 4.79 Å². The molecule has 0 aromatic heterocycles. The van der Waals surface area contributed by atoms with Gasteiger partial charge >= 0.3 is 5.97 Å². The maximum atomic E-state index is 11.5. The maximum Gasteiger partial charge on any atom is 0.340 e. The van der Waals surface area contributed by atoms with E-state index in [2.05, 4.69) is 0 Å². The van der Waals surface area contributed by atoms with Crippen molar-refractivity contribution in [2.24, 2.45) is 0 Å². The summed E-state index contributed by atoms with van der Waals surface area (Å²) < 4.78 is 64.2. The maximum absolute atomic E-state index is 11.5. The Morgan fingerprint density at radius 2 is 1.59 bits per heavy atom. The van der Waals surface area contributed by atoms with E-state index in [1.807, 2.05) is 0 Å². The van der Waals surface area contributed by atoms with Gasteiger partial charge in [-0.1, -0.05) is 12.1 Å². The van der Waals surface area contributed by atoms with Gasteiger partial charge in [0, 0.05) is 5.39 Å². The van der Waals surface area contributed by atoms with Crippen molar-refractivity contribution < 1.29 is 40.9 Å². The lowest BCUT2D eigenvalue weighted by atomic mass is 10.1. The first-order chi connectivity index (χ1) is 9.94. The summed E-state index contributed by atoms with van der Waals surface area (Å²) in [5.74, 6) is -2.89. The summed E-state index contributed by atoms with van der Waals surface area (Å²) in [7, 11) is -10.1. The third-order valence-corrected chi connectivity index (χ3v) is 4.63. The van der Waals surface area contributed by atoms with Crippen molar-refractivity contribution in [1.82, 2.24) is 0 Å². The van der Waals surface area contributed by atoms with Crippen molar-refractivity contribution in [3.63, 3.8) is 0 Å². The van der Waals surface area contributed by atoms with Crippen LogP contribution in [0, 0.1) is 0 Å². The Hall–Kier alpha value is -2.21. The van der Waals surface area contributed by atoms with Crippen LogP contribution < -0.4 is 0 Å². The number of aromatic hydroxyl groups is 1. The molecule has 4 N–H and O–H groups in total. The molecule has 11 heteroatoms. The third-order valence-electron chi connectivity index (χ3n) is 2.81. The van der Waals surface area contributed by atoms with Crippen molar-refractivity contribution in [2.75, 3.05) is 0 Å². The summed E-state index contributed by atoms with van der Waals surface area (Å²) in [6.07, 6.45) is 0. The number of hydrogen-bond donors (Lipinski definition) is 4. The lowest BCUT2D eigenvalue weighted by Crippen LogP contribution is -2.11. The first-order valence-electron chi connectivity index (χ1n) is 5.41. The van der Waals surface area contributed by atoms with Crippen molar-refractivity contribution in [3.8, 4) is 5.75 Å². The topological polar surface area (TPSA) is 166 Å². The molecule has 2 rings (SSSR count). The van der Waals surface area contributed by atoms with Gasteiger partial charge in [0.1, 0.15) is 21.1 Å². The van der Waals surface area contributed by atoms with E-state index < -0.39 is 52.7 Å². The molecule has 2 aromatic rings. The molecule has 9 nitrogen and oxygen atoms in total. The van der Waals surface area contributed by atoms with Crippen LogP contribution in [-0.2, 0) is 20.2 Å². The Morgan fingerprint density at radius 1 is 1.00 bits per heavy atom. The van der Waals surface area contributed by atoms with E-state index in [-0.39, 0.29) is 5.39 Å². The monoisotopic (exact) mass is 348 g/mol. The van der Waals surface area contributed by atoms with Gasteiger partial charge in [-0.2, -0.15) is 16.8 Å². The van der Waals surface area contributed by atoms with Gasteiger partial charge in [0.25, 0.3) is 20.2 Å². The number of hydrogen-bond acceptors (Lipinski definition) is 6. The second-order valence-electron chi connectivity index (χ2n) is 4.21. The van der Waals surface area contributed by atoms with E-state index in [9.17, 15) is 31.3 Å². The summed E-state index contributed by atoms with van der Waals surface area (Å²) in [6.45, 7) is 0. The third kappa shape index (κ3) is 2.62. The van der Waals surface area contributed by atoms with Crippen LogP contribution in [0.25, 0.3) is 10.8 Å². The number of carboxylic acids is 1. The highest BCUT2D eigenvalue weighted by atomic mass is 32.2. The molecule has 0 spiro atoms. The second kappa shape index (κ2) is 4.91. The fourth-order valence-corrected chi connectivity index (χ4v) is 3.78. The number of benzene rings is 2. The van der Waals surface area contributed by atoms with Crippen LogP contribution in [0.15, 0.2) is 34.1 Å². The smallest absolute Gasteiger partial charge is 0.340 e. The molecule has 0 saturated heterocycles. The van der Waals surface area contributed by atoms with Gasteiger partial charge < -0.3 is 10.2 Å². The summed E-state index contributed by atoms with van der Waals surface area (Å²) in [6, 6.07) is 3.94. The van der Waals surface area contributed by atoms with Gasteiger partial charge in [0.15, 0.2) is 0 Å². The van der Waals surface area contributed by atoms with Crippen LogP contribution in [-0.4, -0.2) is 42.1 Å². The van der Waals surface area contributed by atoms with Gasteiger partial charge in [0.05, 0.1) is 0 Å². The predicted octanol–water partition coefficient (Wildman–Crippen LogP) is 0.737. The predicted molar refractivity (Wildman–Crippen MR) is 72.2 cm³/mol. The zero-order valence-corrected chi connectivity index (χ0v) is 12.1. The van der Waals surface area contributed by atoms with E-state index in [1.54, 1.807) is 0 Å². The summed E-state index contributed by atoms with van der Waals surface area (Å²) in [5, 5.41) is 17.7. The average molecular weight is 348 g/mol. The van der Waals surface area contributed by atoms with Gasteiger partial charge in [-0.05, 0) is 17.5 Å². The standard InChI is InChI=1S/C11H8O9S2/c12-6-4-5-2-1-3-7(21(15,16)17)8(5)10(22(18,19)20)9(6)11(13)14/h1-4,12H,(H,13,14)(H,15,16,17)(H,18,19,20). The second-order valence-corrected chi connectivity index (χ2v) is 6.96. The summed E-state index contributed by atoms with van der Waals surface area (Å²) >= 11 is 0. The average Bonchev–Trinajstić information content (AvgIpc) is 2.33. The molecular formula is C11H8O9S2. The normalized spacial score (nSPS) is 12.5. The largest absolute Gasteiger partial charge is 0.507 e. The number of aromatic carboxylic acids is 1. The molecule has 0 heterocycles. The molecule has 0 amide bonds. The first kappa shape index (κ1) is 16.2. The summed E-state index contributed by atoms with van der Waals surface area (Å²) in [4.78, 5) is 8.91. The van der Waals surface area contributed by atoms with Gasteiger partial charge in [-0.3, -0.25) is 9.11 Å². The minimum Gasteiger partial charge on any atom is -0.507 e. The molecule has 0 atom stereocenters. The molecule has 0 fully saturated rings. The lowest BCUT2D eigenvalue weighted by molar-refractivity contribution is 0.0689. The van der Waals surface area contributed by atoms with Crippen molar-refractivity contribution in [1.29, 1.82) is 0 Å². The first-order valence-corrected chi connectivity index (χ1v) is 8.29. The molecular weight excluding hydrogens is 340 g/mol. The number of rotatable bonds is 3. The Labute approximate surface area is 123 Å². The van der Waals surface area contributed by atoms with Crippen LogP contribution in [0.2, 0.25) is 0 Å². The van der Waals surface area contributed by atoms with Crippen LogP contribution in [0.1, 0.15) is 10.4 Å².